The molecule has 0 saturated carbocycles. The Morgan fingerprint density at radius 1 is 1.42 bits per heavy atom. The number of halogens is 2. The molecule has 0 bridgehead atoms. The fourth-order valence-electron chi connectivity index (χ4n) is 1.75. The minimum atomic E-state index is -0.481. The summed E-state index contributed by atoms with van der Waals surface area (Å²) in [6.07, 6.45) is 0.756. The van der Waals surface area contributed by atoms with Gasteiger partial charge in [0.2, 0.25) is 11.7 Å². The van der Waals surface area contributed by atoms with Crippen LogP contribution in [-0.4, -0.2) is 10.1 Å². The number of benzene rings is 1. The molecule has 0 spiro atoms. The number of nitrogens with two attached hydrogens (primary N) is 1. The monoisotopic (exact) mass is 283 g/mol. The largest absolute Gasteiger partial charge is 0.337 e. The van der Waals surface area contributed by atoms with Crippen molar-refractivity contribution in [1.82, 2.24) is 10.1 Å². The number of hydrogen-bond acceptors (Lipinski definition) is 4. The third kappa shape index (κ3) is 3.30. The highest BCUT2D eigenvalue weighted by Crippen LogP contribution is 2.24. The molecule has 0 radical (unpaired) electrons. The number of hydrogen-bond donors (Lipinski definition) is 1. The van der Waals surface area contributed by atoms with Crippen LogP contribution in [0.1, 0.15) is 32.2 Å². The first-order chi connectivity index (χ1) is 8.97. The van der Waals surface area contributed by atoms with E-state index < -0.39 is 5.82 Å². The first-order valence-corrected chi connectivity index (χ1v) is 6.39. The summed E-state index contributed by atoms with van der Waals surface area (Å²) in [4.78, 5) is 4.22. The molecule has 0 aliphatic heterocycles. The molecule has 2 N–H and O–H groups in total. The van der Waals surface area contributed by atoms with Crippen molar-refractivity contribution in [2.75, 3.05) is 0 Å². The molecule has 6 heteroatoms. The molecule has 1 atom stereocenters. The van der Waals surface area contributed by atoms with Gasteiger partial charge in [-0.15, -0.1) is 0 Å². The van der Waals surface area contributed by atoms with Gasteiger partial charge >= 0.3 is 0 Å². The Labute approximate surface area is 115 Å². The highest BCUT2D eigenvalue weighted by molar-refractivity contribution is 6.31. The van der Waals surface area contributed by atoms with Crippen molar-refractivity contribution in [3.05, 3.63) is 34.9 Å². The lowest BCUT2D eigenvalue weighted by molar-refractivity contribution is 0.335. The van der Waals surface area contributed by atoms with Gasteiger partial charge in [-0.1, -0.05) is 30.6 Å². The Balaban J connectivity index is 2.22. The van der Waals surface area contributed by atoms with E-state index in [2.05, 4.69) is 24.0 Å². The molecule has 1 aromatic heterocycles. The molecule has 4 nitrogen and oxygen atoms in total. The van der Waals surface area contributed by atoms with E-state index in [4.69, 9.17) is 21.9 Å². The zero-order valence-electron chi connectivity index (χ0n) is 10.7. The van der Waals surface area contributed by atoms with Crippen LogP contribution in [0.2, 0.25) is 5.02 Å². The molecule has 102 valence electrons. The Bertz CT molecular complexity index is 571. The van der Waals surface area contributed by atoms with Crippen molar-refractivity contribution in [3.63, 3.8) is 0 Å². The Morgan fingerprint density at radius 3 is 2.79 bits per heavy atom. The van der Waals surface area contributed by atoms with Gasteiger partial charge < -0.3 is 10.3 Å². The SMILES string of the molecule is CC(C)CC(N)c1nc(-c2ccc(F)c(Cl)c2)no1. The molecular weight excluding hydrogens is 269 g/mol. The summed E-state index contributed by atoms with van der Waals surface area (Å²) in [5.41, 5.74) is 6.55. The summed E-state index contributed by atoms with van der Waals surface area (Å²) < 4.78 is 18.2. The Morgan fingerprint density at radius 2 is 2.16 bits per heavy atom. The predicted molar refractivity (Wildman–Crippen MR) is 71.1 cm³/mol. The zero-order valence-corrected chi connectivity index (χ0v) is 11.5. The maximum Gasteiger partial charge on any atom is 0.243 e. The third-order valence-electron chi connectivity index (χ3n) is 2.66. The minimum Gasteiger partial charge on any atom is -0.337 e. The van der Waals surface area contributed by atoms with E-state index >= 15 is 0 Å². The van der Waals surface area contributed by atoms with Crippen molar-refractivity contribution in [3.8, 4) is 11.4 Å². The normalized spacial score (nSPS) is 12.9. The summed E-state index contributed by atoms with van der Waals surface area (Å²) in [5, 5.41) is 3.86. The number of aromatic nitrogens is 2. The lowest BCUT2D eigenvalue weighted by Crippen LogP contribution is -2.13. The molecule has 0 saturated heterocycles. The van der Waals surface area contributed by atoms with Crippen LogP contribution in [0.25, 0.3) is 11.4 Å². The van der Waals surface area contributed by atoms with Crippen LogP contribution >= 0.6 is 11.6 Å². The number of rotatable bonds is 4. The van der Waals surface area contributed by atoms with Crippen LogP contribution in [-0.2, 0) is 0 Å². The first kappa shape index (κ1) is 14.0. The van der Waals surface area contributed by atoms with Crippen LogP contribution in [0.15, 0.2) is 22.7 Å². The van der Waals surface area contributed by atoms with Gasteiger partial charge in [-0.3, -0.25) is 0 Å². The molecule has 0 aliphatic carbocycles. The first-order valence-electron chi connectivity index (χ1n) is 6.02. The van der Waals surface area contributed by atoms with Crippen LogP contribution < -0.4 is 5.73 Å². The molecule has 1 aromatic carbocycles. The minimum absolute atomic E-state index is 0.0235. The van der Waals surface area contributed by atoms with Gasteiger partial charge in [-0.05, 0) is 30.5 Å². The standard InChI is InChI=1S/C13H15ClFN3O/c1-7(2)5-11(16)13-17-12(18-19-13)8-3-4-10(15)9(14)6-8/h3-4,6-7,11H,5,16H2,1-2H3. The second-order valence-corrected chi connectivity index (χ2v) is 5.23. The van der Waals surface area contributed by atoms with E-state index in [0.29, 0.717) is 23.2 Å². The maximum absolute atomic E-state index is 13.1. The van der Waals surface area contributed by atoms with Gasteiger partial charge in [0.25, 0.3) is 0 Å². The second kappa shape index (κ2) is 5.67. The van der Waals surface area contributed by atoms with Crippen molar-refractivity contribution >= 4 is 11.6 Å². The molecule has 0 fully saturated rings. The van der Waals surface area contributed by atoms with Gasteiger partial charge in [0, 0.05) is 5.56 Å². The summed E-state index contributed by atoms with van der Waals surface area (Å²) in [6.45, 7) is 4.13. The van der Waals surface area contributed by atoms with Gasteiger partial charge in [-0.2, -0.15) is 4.98 Å². The lowest BCUT2D eigenvalue weighted by Gasteiger charge is -2.08. The molecule has 0 amide bonds. The van der Waals surface area contributed by atoms with Crippen molar-refractivity contribution in [2.45, 2.75) is 26.3 Å². The zero-order chi connectivity index (χ0) is 14.0. The quantitative estimate of drug-likeness (QED) is 0.931. The highest BCUT2D eigenvalue weighted by Gasteiger charge is 2.17. The molecule has 2 rings (SSSR count). The van der Waals surface area contributed by atoms with E-state index in [1.54, 1.807) is 6.07 Å². The van der Waals surface area contributed by atoms with Gasteiger partial charge in [0.05, 0.1) is 11.1 Å². The van der Waals surface area contributed by atoms with Crippen LogP contribution in [0.4, 0.5) is 4.39 Å². The molecule has 1 heterocycles. The van der Waals surface area contributed by atoms with E-state index in [-0.39, 0.29) is 11.1 Å². The predicted octanol–water partition coefficient (Wildman–Crippen LogP) is 3.58. The molecule has 1 unspecified atom stereocenters. The summed E-state index contributed by atoms with van der Waals surface area (Å²) in [7, 11) is 0. The van der Waals surface area contributed by atoms with Crippen LogP contribution in [0.5, 0.6) is 0 Å². The fraction of sp³-hybridized carbons (Fsp3) is 0.385. The van der Waals surface area contributed by atoms with Crippen molar-refractivity contribution in [1.29, 1.82) is 0 Å². The Kier molecular flexibility index (Phi) is 4.17. The van der Waals surface area contributed by atoms with Crippen LogP contribution in [0, 0.1) is 11.7 Å². The summed E-state index contributed by atoms with van der Waals surface area (Å²) in [6, 6.07) is 3.97. The topological polar surface area (TPSA) is 64.9 Å². The molecule has 2 aromatic rings. The van der Waals surface area contributed by atoms with E-state index in [0.717, 1.165) is 6.42 Å². The van der Waals surface area contributed by atoms with E-state index in [1.165, 1.54) is 12.1 Å². The molecule has 19 heavy (non-hydrogen) atoms. The third-order valence-corrected chi connectivity index (χ3v) is 2.95. The second-order valence-electron chi connectivity index (χ2n) is 4.82. The fourth-order valence-corrected chi connectivity index (χ4v) is 1.93. The van der Waals surface area contributed by atoms with Gasteiger partial charge in [-0.25, -0.2) is 4.39 Å². The lowest BCUT2D eigenvalue weighted by atomic mass is 10.0. The van der Waals surface area contributed by atoms with Gasteiger partial charge in [0.1, 0.15) is 5.82 Å². The van der Waals surface area contributed by atoms with E-state index in [1.807, 2.05) is 0 Å². The highest BCUT2D eigenvalue weighted by atomic mass is 35.5. The summed E-state index contributed by atoms with van der Waals surface area (Å²) in [5.74, 6) is 0.691. The van der Waals surface area contributed by atoms with Crippen molar-refractivity contribution < 1.29 is 8.91 Å². The smallest absolute Gasteiger partial charge is 0.243 e. The van der Waals surface area contributed by atoms with Crippen LogP contribution in [0.3, 0.4) is 0 Å². The molecule has 0 aliphatic rings. The number of nitrogens with zero attached hydrogens (tertiary/aromatic N) is 2. The van der Waals surface area contributed by atoms with Gasteiger partial charge in [0.15, 0.2) is 0 Å². The maximum atomic E-state index is 13.1. The van der Waals surface area contributed by atoms with Crippen molar-refractivity contribution in [2.24, 2.45) is 11.7 Å². The average Bonchev–Trinajstić information content (AvgIpc) is 2.81. The Hall–Kier alpha value is -1.46. The average molecular weight is 284 g/mol. The molecular formula is C13H15ClFN3O. The van der Waals surface area contributed by atoms with E-state index in [9.17, 15) is 4.39 Å². The summed E-state index contributed by atoms with van der Waals surface area (Å²) >= 11 is 5.72.